The number of primary amides is 1. The highest BCUT2D eigenvalue weighted by atomic mass is 16.2. The number of carbonyl (C=O) groups excluding carboxylic acids is 3. The largest absolute Gasteiger partial charge is 0.368 e. The van der Waals surface area contributed by atoms with Crippen molar-refractivity contribution in [3.8, 4) is 0 Å². The Morgan fingerprint density at radius 2 is 1.92 bits per heavy atom. The number of nitrogens with two attached hydrogens (primary N) is 1. The fraction of sp³-hybridized carbons (Fsp3) is 0.500. The van der Waals surface area contributed by atoms with Crippen molar-refractivity contribution < 1.29 is 14.4 Å². The van der Waals surface area contributed by atoms with Crippen LogP contribution in [0.2, 0.25) is 0 Å². The SMILES string of the molecule is NC(=O)[C@H](Cc1ccccc1)NC(=O)CCN1CCCCCC1=O. The molecular formula is C18H25N3O3. The quantitative estimate of drug-likeness (QED) is 0.780. The molecule has 1 atom stereocenters. The molecule has 1 aliphatic rings. The molecule has 0 aliphatic carbocycles. The van der Waals surface area contributed by atoms with E-state index >= 15 is 0 Å². The Hall–Kier alpha value is -2.37. The third-order valence-corrected chi connectivity index (χ3v) is 4.24. The van der Waals surface area contributed by atoms with Gasteiger partial charge in [-0.3, -0.25) is 14.4 Å². The first-order valence-electron chi connectivity index (χ1n) is 8.46. The van der Waals surface area contributed by atoms with Gasteiger partial charge in [0.2, 0.25) is 17.7 Å². The van der Waals surface area contributed by atoms with Crippen LogP contribution in [0.5, 0.6) is 0 Å². The van der Waals surface area contributed by atoms with Crippen LogP contribution in [0.25, 0.3) is 0 Å². The number of nitrogens with one attached hydrogen (secondary N) is 1. The number of likely N-dealkylation sites (tertiary alicyclic amines) is 1. The van der Waals surface area contributed by atoms with Crippen LogP contribution in [0.4, 0.5) is 0 Å². The van der Waals surface area contributed by atoms with Crippen molar-refractivity contribution in [2.24, 2.45) is 5.73 Å². The van der Waals surface area contributed by atoms with Crippen LogP contribution in [0.1, 0.15) is 37.7 Å². The molecule has 1 aliphatic heterocycles. The molecule has 1 aromatic carbocycles. The van der Waals surface area contributed by atoms with E-state index in [1.807, 2.05) is 30.3 Å². The van der Waals surface area contributed by atoms with Gasteiger partial charge in [0.15, 0.2) is 0 Å². The lowest BCUT2D eigenvalue weighted by atomic mass is 10.1. The summed E-state index contributed by atoms with van der Waals surface area (Å²) in [5, 5.41) is 2.68. The topological polar surface area (TPSA) is 92.5 Å². The third-order valence-electron chi connectivity index (χ3n) is 4.24. The average molecular weight is 331 g/mol. The molecule has 1 saturated heterocycles. The van der Waals surface area contributed by atoms with Crippen LogP contribution in [0.15, 0.2) is 30.3 Å². The maximum atomic E-state index is 12.1. The highest BCUT2D eigenvalue weighted by molar-refractivity contribution is 5.87. The van der Waals surface area contributed by atoms with Crippen LogP contribution < -0.4 is 11.1 Å². The van der Waals surface area contributed by atoms with E-state index in [0.29, 0.717) is 25.9 Å². The summed E-state index contributed by atoms with van der Waals surface area (Å²) in [6, 6.07) is 8.68. The summed E-state index contributed by atoms with van der Waals surface area (Å²) in [6.45, 7) is 1.09. The highest BCUT2D eigenvalue weighted by Gasteiger charge is 2.21. The zero-order chi connectivity index (χ0) is 17.4. The first-order chi connectivity index (χ1) is 11.6. The summed E-state index contributed by atoms with van der Waals surface area (Å²) < 4.78 is 0. The number of hydrogen-bond acceptors (Lipinski definition) is 3. The number of hydrogen-bond donors (Lipinski definition) is 2. The molecule has 24 heavy (non-hydrogen) atoms. The van der Waals surface area contributed by atoms with Crippen molar-refractivity contribution in [3.05, 3.63) is 35.9 Å². The monoisotopic (exact) mass is 331 g/mol. The van der Waals surface area contributed by atoms with Gasteiger partial charge in [0.25, 0.3) is 0 Å². The van der Waals surface area contributed by atoms with E-state index in [-0.39, 0.29) is 18.2 Å². The second-order valence-corrected chi connectivity index (χ2v) is 6.15. The van der Waals surface area contributed by atoms with Gasteiger partial charge in [-0.05, 0) is 18.4 Å². The fourth-order valence-corrected chi connectivity index (χ4v) is 2.85. The van der Waals surface area contributed by atoms with Gasteiger partial charge in [0.05, 0.1) is 0 Å². The second-order valence-electron chi connectivity index (χ2n) is 6.15. The Balaban J connectivity index is 1.84. The van der Waals surface area contributed by atoms with Crippen LogP contribution in [-0.4, -0.2) is 41.8 Å². The van der Waals surface area contributed by atoms with E-state index < -0.39 is 11.9 Å². The molecule has 3 amide bonds. The predicted molar refractivity (Wildman–Crippen MR) is 90.9 cm³/mol. The molecule has 2 rings (SSSR count). The molecule has 0 radical (unpaired) electrons. The standard InChI is InChI=1S/C18H25N3O3/c19-18(24)15(13-14-7-3-1-4-8-14)20-16(22)10-12-21-11-6-2-5-9-17(21)23/h1,3-4,7-8,15H,2,5-6,9-13H2,(H2,19,24)(H,20,22)/t15-/m0/s1. The summed E-state index contributed by atoms with van der Waals surface area (Å²) in [4.78, 5) is 37.4. The van der Waals surface area contributed by atoms with E-state index in [4.69, 9.17) is 5.73 Å². The zero-order valence-corrected chi connectivity index (χ0v) is 13.9. The minimum absolute atomic E-state index is 0.107. The van der Waals surface area contributed by atoms with Crippen LogP contribution >= 0.6 is 0 Å². The summed E-state index contributed by atoms with van der Waals surface area (Å²) in [6.07, 6.45) is 4.05. The van der Waals surface area contributed by atoms with Gasteiger partial charge in [-0.25, -0.2) is 0 Å². The molecule has 6 nitrogen and oxygen atoms in total. The lowest BCUT2D eigenvalue weighted by Gasteiger charge is -2.21. The van der Waals surface area contributed by atoms with Gasteiger partial charge in [-0.15, -0.1) is 0 Å². The average Bonchev–Trinajstić information content (AvgIpc) is 2.77. The maximum absolute atomic E-state index is 12.1. The molecule has 130 valence electrons. The molecule has 0 spiro atoms. The maximum Gasteiger partial charge on any atom is 0.240 e. The lowest BCUT2D eigenvalue weighted by Crippen LogP contribution is -2.46. The molecule has 0 bridgehead atoms. The normalized spacial score (nSPS) is 16.3. The number of benzene rings is 1. The Morgan fingerprint density at radius 3 is 2.62 bits per heavy atom. The summed E-state index contributed by atoms with van der Waals surface area (Å²) in [5.41, 5.74) is 6.33. The predicted octanol–water partition coefficient (Wildman–Crippen LogP) is 0.992. The van der Waals surface area contributed by atoms with Gasteiger partial charge < -0.3 is 16.0 Å². The number of carbonyl (C=O) groups is 3. The Labute approximate surface area is 142 Å². The second kappa shape index (κ2) is 9.05. The number of nitrogens with zero attached hydrogens (tertiary/aromatic N) is 1. The summed E-state index contributed by atoms with van der Waals surface area (Å²) in [7, 11) is 0. The first kappa shape index (κ1) is 18.0. The molecule has 1 aromatic rings. The highest BCUT2D eigenvalue weighted by Crippen LogP contribution is 2.11. The molecule has 3 N–H and O–H groups in total. The molecule has 0 saturated carbocycles. The summed E-state index contributed by atoms with van der Waals surface area (Å²) in [5.74, 6) is -0.708. The molecule has 0 unspecified atom stereocenters. The molecule has 0 aromatic heterocycles. The van der Waals surface area contributed by atoms with Gasteiger partial charge >= 0.3 is 0 Å². The van der Waals surface area contributed by atoms with Crippen molar-refractivity contribution in [2.75, 3.05) is 13.1 Å². The van der Waals surface area contributed by atoms with Crippen LogP contribution in [0.3, 0.4) is 0 Å². The van der Waals surface area contributed by atoms with Crippen molar-refractivity contribution in [1.29, 1.82) is 0 Å². The van der Waals surface area contributed by atoms with Gasteiger partial charge in [0, 0.05) is 32.4 Å². The van der Waals surface area contributed by atoms with E-state index in [0.717, 1.165) is 24.8 Å². The summed E-state index contributed by atoms with van der Waals surface area (Å²) >= 11 is 0. The van der Waals surface area contributed by atoms with E-state index in [1.54, 1.807) is 4.90 Å². The van der Waals surface area contributed by atoms with Gasteiger partial charge in [-0.2, -0.15) is 0 Å². The van der Waals surface area contributed by atoms with Crippen LogP contribution in [-0.2, 0) is 20.8 Å². The minimum Gasteiger partial charge on any atom is -0.368 e. The van der Waals surface area contributed by atoms with E-state index in [9.17, 15) is 14.4 Å². The van der Waals surface area contributed by atoms with Crippen molar-refractivity contribution in [2.45, 2.75) is 44.6 Å². The smallest absolute Gasteiger partial charge is 0.240 e. The molecule has 6 heteroatoms. The lowest BCUT2D eigenvalue weighted by molar-refractivity contribution is -0.132. The Kier molecular flexibility index (Phi) is 6.78. The van der Waals surface area contributed by atoms with Crippen molar-refractivity contribution >= 4 is 17.7 Å². The number of rotatable bonds is 7. The van der Waals surface area contributed by atoms with Gasteiger partial charge in [-0.1, -0.05) is 36.8 Å². The zero-order valence-electron chi connectivity index (χ0n) is 13.9. The molecular weight excluding hydrogens is 306 g/mol. The van der Waals surface area contributed by atoms with Crippen LogP contribution in [0, 0.1) is 0 Å². The molecule has 1 fully saturated rings. The third kappa shape index (κ3) is 5.68. The minimum atomic E-state index is -0.736. The van der Waals surface area contributed by atoms with Crippen molar-refractivity contribution in [1.82, 2.24) is 10.2 Å². The Morgan fingerprint density at radius 1 is 1.17 bits per heavy atom. The first-order valence-corrected chi connectivity index (χ1v) is 8.46. The van der Waals surface area contributed by atoms with E-state index in [2.05, 4.69) is 5.32 Å². The Bertz CT molecular complexity index is 574. The number of amides is 3. The fourth-order valence-electron chi connectivity index (χ4n) is 2.85. The van der Waals surface area contributed by atoms with Crippen molar-refractivity contribution in [3.63, 3.8) is 0 Å². The van der Waals surface area contributed by atoms with Gasteiger partial charge in [0.1, 0.15) is 6.04 Å². The molecule has 1 heterocycles. The van der Waals surface area contributed by atoms with E-state index in [1.165, 1.54) is 0 Å².